The number of aromatic nitrogens is 1. The van der Waals surface area contributed by atoms with Gasteiger partial charge in [0.05, 0.1) is 31.5 Å². The van der Waals surface area contributed by atoms with Crippen molar-refractivity contribution in [1.29, 1.82) is 0 Å². The number of esters is 1. The topological polar surface area (TPSA) is 90.5 Å². The Hall–Kier alpha value is -1.23. The Balaban J connectivity index is 2.14. The van der Waals surface area contributed by atoms with E-state index in [-0.39, 0.29) is 24.5 Å². The number of carbonyl (C=O) groups is 2. The number of amides is 1. The summed E-state index contributed by atoms with van der Waals surface area (Å²) in [5.41, 5.74) is -0.419. The first-order valence-corrected chi connectivity index (χ1v) is 12.4. The van der Waals surface area contributed by atoms with E-state index in [2.05, 4.69) is 20.9 Å². The van der Waals surface area contributed by atoms with Gasteiger partial charge in [0, 0.05) is 23.7 Å². The number of ether oxygens (including phenoxy) is 4. The molecule has 3 unspecified atom stereocenters. The fraction of sp³-hybridized carbons (Fsp3) is 0.762. The van der Waals surface area contributed by atoms with Crippen LogP contribution in [0.4, 0.5) is 9.93 Å². The second kappa shape index (κ2) is 11.6. The van der Waals surface area contributed by atoms with Gasteiger partial charge in [-0.25, -0.2) is 14.6 Å². The zero-order valence-corrected chi connectivity index (χ0v) is 21.5. The Labute approximate surface area is 196 Å². The zero-order valence-electron chi connectivity index (χ0n) is 19.1. The van der Waals surface area contributed by atoms with E-state index in [1.165, 1.54) is 16.2 Å². The summed E-state index contributed by atoms with van der Waals surface area (Å²) in [6.45, 7) is 10.3. The molecule has 1 aliphatic heterocycles. The average molecular weight is 521 g/mol. The van der Waals surface area contributed by atoms with E-state index in [1.54, 1.807) is 34.7 Å². The Morgan fingerprint density at radius 3 is 2.61 bits per heavy atom. The SMILES string of the molecule is CCOC(=O)c1nc(N(C)C(=O)OC(C)(C)C)sc1CC(CBr)OC(C)CCC1CO1. The molecule has 1 aromatic rings. The van der Waals surface area contributed by atoms with Crippen LogP contribution in [0.15, 0.2) is 0 Å². The highest BCUT2D eigenvalue weighted by Crippen LogP contribution is 2.30. The molecular formula is C21H33BrN2O6S. The van der Waals surface area contributed by atoms with E-state index in [1.807, 2.05) is 6.92 Å². The van der Waals surface area contributed by atoms with Crippen LogP contribution in [0.2, 0.25) is 0 Å². The molecule has 0 bridgehead atoms. The summed E-state index contributed by atoms with van der Waals surface area (Å²) >= 11 is 4.78. The van der Waals surface area contributed by atoms with E-state index < -0.39 is 17.7 Å². The van der Waals surface area contributed by atoms with Gasteiger partial charge in [-0.15, -0.1) is 11.3 Å². The molecule has 0 spiro atoms. The minimum absolute atomic E-state index is 0.0645. The molecule has 2 rings (SSSR count). The Morgan fingerprint density at radius 1 is 1.39 bits per heavy atom. The van der Waals surface area contributed by atoms with Gasteiger partial charge in [0.2, 0.25) is 0 Å². The van der Waals surface area contributed by atoms with Crippen molar-refractivity contribution in [3.63, 3.8) is 0 Å². The predicted molar refractivity (Wildman–Crippen MR) is 124 cm³/mol. The summed E-state index contributed by atoms with van der Waals surface area (Å²) in [5.74, 6) is -0.509. The highest BCUT2D eigenvalue weighted by atomic mass is 79.9. The summed E-state index contributed by atoms with van der Waals surface area (Å²) < 4.78 is 22.0. The van der Waals surface area contributed by atoms with Crippen LogP contribution in [-0.4, -0.2) is 66.6 Å². The lowest BCUT2D eigenvalue weighted by Gasteiger charge is -2.23. The van der Waals surface area contributed by atoms with E-state index >= 15 is 0 Å². The molecule has 0 N–H and O–H groups in total. The fourth-order valence-corrected chi connectivity index (χ4v) is 4.23. The normalized spacial score (nSPS) is 17.7. The Bertz CT molecular complexity index is 747. The molecule has 31 heavy (non-hydrogen) atoms. The molecule has 1 aromatic heterocycles. The molecule has 0 aromatic carbocycles. The van der Waals surface area contributed by atoms with Crippen molar-refractivity contribution in [2.45, 2.75) is 77.8 Å². The van der Waals surface area contributed by atoms with Gasteiger partial charge >= 0.3 is 12.1 Å². The first kappa shape index (κ1) is 26.0. The van der Waals surface area contributed by atoms with Crippen molar-refractivity contribution in [2.75, 3.05) is 30.5 Å². The zero-order chi connectivity index (χ0) is 23.2. The summed E-state index contributed by atoms with van der Waals surface area (Å²) in [4.78, 5) is 31.4. The number of halogens is 1. The van der Waals surface area contributed by atoms with Crippen LogP contribution < -0.4 is 4.90 Å². The van der Waals surface area contributed by atoms with Gasteiger partial charge in [-0.1, -0.05) is 15.9 Å². The van der Waals surface area contributed by atoms with Crippen LogP contribution in [-0.2, 0) is 25.4 Å². The van der Waals surface area contributed by atoms with Crippen molar-refractivity contribution < 1.29 is 28.5 Å². The van der Waals surface area contributed by atoms with Gasteiger partial charge in [0.15, 0.2) is 10.8 Å². The number of alkyl halides is 1. The lowest BCUT2D eigenvalue weighted by Crippen LogP contribution is -2.34. The number of hydrogen-bond donors (Lipinski definition) is 0. The van der Waals surface area contributed by atoms with Gasteiger partial charge in [-0.3, -0.25) is 4.90 Å². The van der Waals surface area contributed by atoms with Crippen LogP contribution in [0.1, 0.15) is 62.8 Å². The van der Waals surface area contributed by atoms with E-state index in [0.29, 0.717) is 27.9 Å². The highest BCUT2D eigenvalue weighted by molar-refractivity contribution is 9.09. The molecule has 3 atom stereocenters. The predicted octanol–water partition coefficient (Wildman–Crippen LogP) is 4.58. The second-order valence-electron chi connectivity index (χ2n) is 8.49. The molecular weight excluding hydrogens is 488 g/mol. The van der Waals surface area contributed by atoms with Crippen molar-refractivity contribution in [3.05, 3.63) is 10.6 Å². The van der Waals surface area contributed by atoms with E-state index in [4.69, 9.17) is 18.9 Å². The maximum Gasteiger partial charge on any atom is 0.416 e. The molecule has 1 fully saturated rings. The first-order chi connectivity index (χ1) is 14.5. The largest absolute Gasteiger partial charge is 0.461 e. The third-order valence-corrected chi connectivity index (χ3v) is 6.29. The highest BCUT2D eigenvalue weighted by Gasteiger charge is 2.28. The third-order valence-electron chi connectivity index (χ3n) is 4.42. The summed E-state index contributed by atoms with van der Waals surface area (Å²) in [7, 11) is 1.58. The maximum atomic E-state index is 12.5. The lowest BCUT2D eigenvalue weighted by molar-refractivity contribution is 0.00621. The van der Waals surface area contributed by atoms with Gasteiger partial charge in [-0.2, -0.15) is 0 Å². The number of epoxide rings is 1. The van der Waals surface area contributed by atoms with Crippen molar-refractivity contribution in [2.24, 2.45) is 0 Å². The summed E-state index contributed by atoms with van der Waals surface area (Å²) in [6.07, 6.45) is 2.12. The van der Waals surface area contributed by atoms with Crippen LogP contribution >= 0.6 is 27.3 Å². The fourth-order valence-electron chi connectivity index (χ4n) is 2.79. The van der Waals surface area contributed by atoms with Gasteiger partial charge in [-0.05, 0) is 47.5 Å². The van der Waals surface area contributed by atoms with Crippen molar-refractivity contribution in [3.8, 4) is 0 Å². The molecule has 10 heteroatoms. The molecule has 1 amide bonds. The molecule has 0 radical (unpaired) electrons. The molecule has 2 heterocycles. The number of rotatable bonds is 11. The molecule has 0 saturated carbocycles. The van der Waals surface area contributed by atoms with Gasteiger partial charge in [0.1, 0.15) is 5.60 Å². The van der Waals surface area contributed by atoms with Gasteiger partial charge in [0.25, 0.3) is 0 Å². The molecule has 1 aliphatic rings. The summed E-state index contributed by atoms with van der Waals surface area (Å²) in [5, 5.41) is 0.980. The van der Waals surface area contributed by atoms with Crippen LogP contribution in [0, 0.1) is 0 Å². The average Bonchev–Trinajstić information content (AvgIpc) is 3.42. The van der Waals surface area contributed by atoms with Crippen LogP contribution in [0.25, 0.3) is 0 Å². The molecule has 8 nitrogen and oxygen atoms in total. The van der Waals surface area contributed by atoms with E-state index in [9.17, 15) is 9.59 Å². The van der Waals surface area contributed by atoms with Crippen molar-refractivity contribution >= 4 is 44.5 Å². The number of nitrogens with zero attached hydrogens (tertiary/aromatic N) is 2. The standard InChI is InChI=1S/C21H33BrN2O6S/c1-7-27-18(25)17-16(10-15(11-22)29-13(2)8-9-14-12-28-14)31-19(23-17)24(6)20(26)30-21(3,4)5/h13-15H,7-12H2,1-6H3. The van der Waals surface area contributed by atoms with Crippen LogP contribution in [0.3, 0.4) is 0 Å². The second-order valence-corrected chi connectivity index (χ2v) is 10.2. The molecule has 176 valence electrons. The maximum absolute atomic E-state index is 12.5. The Kier molecular flexibility index (Phi) is 9.72. The smallest absolute Gasteiger partial charge is 0.416 e. The Morgan fingerprint density at radius 2 is 2.06 bits per heavy atom. The molecule has 1 saturated heterocycles. The minimum Gasteiger partial charge on any atom is -0.461 e. The number of hydrogen-bond acceptors (Lipinski definition) is 8. The van der Waals surface area contributed by atoms with Crippen molar-refractivity contribution in [1.82, 2.24) is 4.98 Å². The number of carbonyl (C=O) groups excluding carboxylic acids is 2. The van der Waals surface area contributed by atoms with Crippen LogP contribution in [0.5, 0.6) is 0 Å². The third kappa shape index (κ3) is 8.67. The minimum atomic E-state index is -0.633. The number of anilines is 1. The quantitative estimate of drug-likeness (QED) is 0.239. The number of thiazole rings is 1. The lowest BCUT2D eigenvalue weighted by atomic mass is 10.1. The monoisotopic (exact) mass is 520 g/mol. The summed E-state index contributed by atoms with van der Waals surface area (Å²) in [6, 6.07) is 0. The van der Waals surface area contributed by atoms with E-state index in [0.717, 1.165) is 19.4 Å². The first-order valence-electron chi connectivity index (χ1n) is 10.5. The van der Waals surface area contributed by atoms with Gasteiger partial charge < -0.3 is 18.9 Å². The molecule has 0 aliphatic carbocycles.